The van der Waals surface area contributed by atoms with Crippen molar-refractivity contribution in [3.8, 4) is 0 Å². The van der Waals surface area contributed by atoms with E-state index in [9.17, 15) is 4.79 Å². The Hall–Kier alpha value is -0.570. The monoisotopic (exact) mass is 250 g/mol. The van der Waals surface area contributed by atoms with E-state index in [1.165, 1.54) is 32.1 Å². The number of nitrogens with zero attached hydrogens (tertiary/aromatic N) is 1. The van der Waals surface area contributed by atoms with Gasteiger partial charge in [-0.1, -0.05) is 13.8 Å². The van der Waals surface area contributed by atoms with Gasteiger partial charge in [-0.25, -0.2) is 0 Å². The van der Waals surface area contributed by atoms with Crippen LogP contribution in [0, 0.1) is 23.7 Å². The Kier molecular flexibility index (Phi) is 3.13. The van der Waals surface area contributed by atoms with Crippen LogP contribution in [0.5, 0.6) is 0 Å². The van der Waals surface area contributed by atoms with Crippen molar-refractivity contribution in [1.82, 2.24) is 4.90 Å². The van der Waals surface area contributed by atoms with E-state index in [4.69, 9.17) is 5.73 Å². The third kappa shape index (κ3) is 1.97. The summed E-state index contributed by atoms with van der Waals surface area (Å²) >= 11 is 0. The van der Waals surface area contributed by atoms with Crippen molar-refractivity contribution >= 4 is 5.91 Å². The van der Waals surface area contributed by atoms with Gasteiger partial charge in [-0.2, -0.15) is 0 Å². The summed E-state index contributed by atoms with van der Waals surface area (Å²) in [5.41, 5.74) is 5.60. The van der Waals surface area contributed by atoms with Crippen LogP contribution >= 0.6 is 0 Å². The smallest absolute Gasteiger partial charge is 0.235 e. The fourth-order valence-electron chi connectivity index (χ4n) is 4.51. The third-order valence-electron chi connectivity index (χ3n) is 5.69. The molecule has 0 radical (unpaired) electrons. The Balaban J connectivity index is 1.58. The highest BCUT2D eigenvalue weighted by atomic mass is 16.1. The standard InChI is InChI=1S/C15H26N2O/c1-9(2)12-5-10(6-12)8-17-13-4-3-11(7-13)14(17)15(16)18/h9-14H,3-8H2,1-2H3,(H2,16,18)/t10-,11-,12+,13+,14+/m0/s1. The minimum Gasteiger partial charge on any atom is -0.368 e. The number of hydrogen-bond acceptors (Lipinski definition) is 2. The Labute approximate surface area is 110 Å². The molecule has 0 aromatic carbocycles. The molecule has 1 aliphatic heterocycles. The van der Waals surface area contributed by atoms with E-state index >= 15 is 0 Å². The second-order valence-electron chi connectivity index (χ2n) is 7.11. The minimum absolute atomic E-state index is 0.0573. The molecule has 3 heteroatoms. The highest BCUT2D eigenvalue weighted by molar-refractivity contribution is 5.81. The summed E-state index contributed by atoms with van der Waals surface area (Å²) in [7, 11) is 0. The average molecular weight is 250 g/mol. The van der Waals surface area contributed by atoms with E-state index in [0.717, 1.165) is 24.3 Å². The molecule has 3 atom stereocenters. The summed E-state index contributed by atoms with van der Waals surface area (Å²) in [4.78, 5) is 14.1. The van der Waals surface area contributed by atoms with E-state index in [2.05, 4.69) is 18.7 Å². The van der Waals surface area contributed by atoms with Gasteiger partial charge in [0, 0.05) is 12.6 Å². The zero-order valence-electron chi connectivity index (χ0n) is 11.6. The number of hydrogen-bond donors (Lipinski definition) is 1. The Morgan fingerprint density at radius 1 is 1.28 bits per heavy atom. The van der Waals surface area contributed by atoms with Gasteiger partial charge in [-0.15, -0.1) is 0 Å². The van der Waals surface area contributed by atoms with E-state index in [1.807, 2.05) is 0 Å². The summed E-state index contributed by atoms with van der Waals surface area (Å²) in [6, 6.07) is 0.715. The van der Waals surface area contributed by atoms with Crippen molar-refractivity contribution in [2.75, 3.05) is 6.54 Å². The predicted molar refractivity (Wildman–Crippen MR) is 71.9 cm³/mol. The molecule has 0 spiro atoms. The van der Waals surface area contributed by atoms with Crippen LogP contribution in [0.2, 0.25) is 0 Å². The van der Waals surface area contributed by atoms with Crippen molar-refractivity contribution in [2.24, 2.45) is 29.4 Å². The maximum absolute atomic E-state index is 11.6. The Bertz CT molecular complexity index is 335. The Morgan fingerprint density at radius 2 is 2.00 bits per heavy atom. The molecule has 1 heterocycles. The largest absolute Gasteiger partial charge is 0.368 e. The zero-order valence-corrected chi connectivity index (χ0v) is 11.6. The topological polar surface area (TPSA) is 46.3 Å². The summed E-state index contributed by atoms with van der Waals surface area (Å²) in [6.07, 6.45) is 6.44. The number of nitrogens with two attached hydrogens (primary N) is 1. The average Bonchev–Trinajstić information content (AvgIpc) is 2.81. The summed E-state index contributed by atoms with van der Waals surface area (Å²) in [6.45, 7) is 5.77. The van der Waals surface area contributed by atoms with Crippen molar-refractivity contribution in [2.45, 2.75) is 58.0 Å². The number of carbonyl (C=O) groups is 1. The molecular weight excluding hydrogens is 224 g/mol. The summed E-state index contributed by atoms with van der Waals surface area (Å²) in [5.74, 6) is 3.04. The van der Waals surface area contributed by atoms with Gasteiger partial charge in [-0.3, -0.25) is 9.69 Å². The van der Waals surface area contributed by atoms with Crippen molar-refractivity contribution < 1.29 is 4.79 Å². The maximum atomic E-state index is 11.6. The molecule has 2 bridgehead atoms. The fraction of sp³-hybridized carbons (Fsp3) is 0.933. The van der Waals surface area contributed by atoms with Gasteiger partial charge >= 0.3 is 0 Å². The van der Waals surface area contributed by atoms with E-state index in [1.54, 1.807) is 0 Å². The minimum atomic E-state index is -0.0815. The van der Waals surface area contributed by atoms with Gasteiger partial charge in [0.1, 0.15) is 0 Å². The van der Waals surface area contributed by atoms with E-state index in [-0.39, 0.29) is 11.9 Å². The number of carbonyl (C=O) groups excluding carboxylic acids is 1. The molecule has 3 aliphatic rings. The van der Waals surface area contributed by atoms with Gasteiger partial charge in [0.15, 0.2) is 0 Å². The second-order valence-corrected chi connectivity index (χ2v) is 7.11. The number of amides is 1. The molecule has 1 saturated heterocycles. The number of rotatable bonds is 4. The van der Waals surface area contributed by atoms with Gasteiger partial charge in [0.25, 0.3) is 0 Å². The normalized spacial score (nSPS) is 43.4. The molecule has 3 rings (SSSR count). The van der Waals surface area contributed by atoms with Gasteiger partial charge in [-0.05, 0) is 55.8 Å². The van der Waals surface area contributed by atoms with E-state index in [0.29, 0.717) is 12.0 Å². The third-order valence-corrected chi connectivity index (χ3v) is 5.69. The van der Waals surface area contributed by atoms with Crippen LogP contribution in [-0.2, 0) is 4.79 Å². The quantitative estimate of drug-likeness (QED) is 0.829. The number of primary amides is 1. The van der Waals surface area contributed by atoms with Crippen LogP contribution in [0.3, 0.4) is 0 Å². The lowest BCUT2D eigenvalue weighted by atomic mass is 9.69. The fourth-order valence-corrected chi connectivity index (χ4v) is 4.51. The molecule has 1 amide bonds. The SMILES string of the molecule is CC(C)[C@H]1C[C@@H](CN2[C@@H]3CC[C@@H](C3)[C@@H]2C(N)=O)C1. The van der Waals surface area contributed by atoms with Gasteiger partial charge in [0.2, 0.25) is 5.91 Å². The van der Waals surface area contributed by atoms with Gasteiger partial charge < -0.3 is 5.73 Å². The molecule has 0 unspecified atom stereocenters. The first-order chi connectivity index (χ1) is 8.56. The molecular formula is C15H26N2O. The van der Waals surface area contributed by atoms with Gasteiger partial charge in [0.05, 0.1) is 6.04 Å². The molecule has 3 fully saturated rings. The summed E-state index contributed by atoms with van der Waals surface area (Å²) in [5, 5.41) is 0. The van der Waals surface area contributed by atoms with E-state index < -0.39 is 0 Å². The molecule has 2 N–H and O–H groups in total. The molecule has 0 aromatic heterocycles. The van der Waals surface area contributed by atoms with Crippen LogP contribution in [-0.4, -0.2) is 29.4 Å². The maximum Gasteiger partial charge on any atom is 0.235 e. The van der Waals surface area contributed by atoms with Crippen molar-refractivity contribution in [3.63, 3.8) is 0 Å². The highest BCUT2D eigenvalue weighted by Crippen LogP contribution is 2.45. The lowest BCUT2D eigenvalue weighted by Gasteiger charge is -2.43. The number of fused-ring (bicyclic) bond motifs is 2. The van der Waals surface area contributed by atoms with Crippen molar-refractivity contribution in [1.29, 1.82) is 0 Å². The van der Waals surface area contributed by atoms with Crippen LogP contribution in [0.4, 0.5) is 0 Å². The first kappa shape index (κ1) is 12.5. The van der Waals surface area contributed by atoms with Crippen LogP contribution in [0.1, 0.15) is 46.0 Å². The second kappa shape index (κ2) is 4.52. The molecule has 102 valence electrons. The van der Waals surface area contributed by atoms with Crippen molar-refractivity contribution in [3.05, 3.63) is 0 Å². The van der Waals surface area contributed by atoms with Crippen LogP contribution in [0.15, 0.2) is 0 Å². The molecule has 0 aromatic rings. The first-order valence-corrected chi connectivity index (χ1v) is 7.61. The zero-order chi connectivity index (χ0) is 12.9. The predicted octanol–water partition coefficient (Wildman–Crippen LogP) is 2.01. The summed E-state index contributed by atoms with van der Waals surface area (Å²) < 4.78 is 0. The number of piperidine rings is 1. The highest BCUT2D eigenvalue weighted by Gasteiger charge is 2.49. The molecule has 2 saturated carbocycles. The lowest BCUT2D eigenvalue weighted by Crippen LogP contribution is -2.51. The van der Waals surface area contributed by atoms with Crippen LogP contribution in [0.25, 0.3) is 0 Å². The molecule has 18 heavy (non-hydrogen) atoms. The first-order valence-electron chi connectivity index (χ1n) is 7.61. The lowest BCUT2D eigenvalue weighted by molar-refractivity contribution is -0.125. The number of likely N-dealkylation sites (tertiary alicyclic amines) is 1. The van der Waals surface area contributed by atoms with Crippen LogP contribution < -0.4 is 5.73 Å². The molecule has 3 nitrogen and oxygen atoms in total. The molecule has 2 aliphatic carbocycles. The Morgan fingerprint density at radius 3 is 2.61 bits per heavy atom.